The summed E-state index contributed by atoms with van der Waals surface area (Å²) in [7, 11) is 0. The van der Waals surface area contributed by atoms with Crippen LogP contribution in [0.4, 0.5) is 17.1 Å². The van der Waals surface area contributed by atoms with Crippen LogP contribution in [0.15, 0.2) is 59.1 Å². The lowest BCUT2D eigenvalue weighted by Gasteiger charge is -2.13. The minimum Gasteiger partial charge on any atom is -0.398 e. The molecule has 0 heterocycles. The van der Waals surface area contributed by atoms with Gasteiger partial charge in [-0.3, -0.25) is 0 Å². The van der Waals surface area contributed by atoms with Crippen molar-refractivity contribution >= 4 is 43.8 Å². The van der Waals surface area contributed by atoms with Gasteiger partial charge in [-0.2, -0.15) is 0 Å². The number of halogens is 1. The maximum atomic E-state index is 5.92. The van der Waals surface area contributed by atoms with Crippen molar-refractivity contribution in [1.82, 2.24) is 0 Å². The lowest BCUT2D eigenvalue weighted by Crippen LogP contribution is -1.96. The van der Waals surface area contributed by atoms with E-state index in [4.69, 9.17) is 5.73 Å². The van der Waals surface area contributed by atoms with Gasteiger partial charge >= 0.3 is 0 Å². The van der Waals surface area contributed by atoms with Gasteiger partial charge in [-0.1, -0.05) is 36.4 Å². The van der Waals surface area contributed by atoms with E-state index in [1.165, 1.54) is 10.8 Å². The van der Waals surface area contributed by atoms with E-state index in [1.54, 1.807) is 0 Å². The van der Waals surface area contributed by atoms with Gasteiger partial charge < -0.3 is 11.1 Å². The van der Waals surface area contributed by atoms with Crippen molar-refractivity contribution in [2.75, 3.05) is 11.1 Å². The smallest absolute Gasteiger partial charge is 0.0533 e. The van der Waals surface area contributed by atoms with Crippen LogP contribution >= 0.6 is 15.9 Å². The molecule has 3 aromatic carbocycles. The van der Waals surface area contributed by atoms with Crippen LogP contribution in [-0.4, -0.2) is 0 Å². The van der Waals surface area contributed by atoms with Crippen LogP contribution in [-0.2, 0) is 0 Å². The molecule has 0 amide bonds. The monoisotopic (exact) mass is 326 g/mol. The zero-order valence-electron chi connectivity index (χ0n) is 11.2. The normalized spacial score (nSPS) is 10.7. The van der Waals surface area contributed by atoms with Crippen molar-refractivity contribution in [3.63, 3.8) is 0 Å². The Morgan fingerprint density at radius 2 is 1.70 bits per heavy atom. The predicted molar refractivity (Wildman–Crippen MR) is 90.5 cm³/mol. The van der Waals surface area contributed by atoms with Gasteiger partial charge in [0, 0.05) is 21.2 Å². The van der Waals surface area contributed by atoms with E-state index >= 15 is 0 Å². The maximum Gasteiger partial charge on any atom is 0.0533 e. The summed E-state index contributed by atoms with van der Waals surface area (Å²) in [5.74, 6) is 0. The predicted octanol–water partition coefficient (Wildman–Crippen LogP) is 5.24. The van der Waals surface area contributed by atoms with E-state index in [0.717, 1.165) is 27.1 Å². The molecule has 0 atom stereocenters. The molecule has 0 aliphatic heterocycles. The average molecular weight is 327 g/mol. The quantitative estimate of drug-likeness (QED) is 0.632. The lowest BCUT2D eigenvalue weighted by molar-refractivity contribution is 1.44. The average Bonchev–Trinajstić information content (AvgIpc) is 2.45. The molecule has 0 radical (unpaired) electrons. The molecule has 0 aliphatic carbocycles. The summed E-state index contributed by atoms with van der Waals surface area (Å²) in [6, 6.07) is 18.6. The first-order chi connectivity index (χ1) is 9.65. The van der Waals surface area contributed by atoms with Crippen molar-refractivity contribution in [3.8, 4) is 0 Å². The van der Waals surface area contributed by atoms with E-state index in [2.05, 4.69) is 69.8 Å². The van der Waals surface area contributed by atoms with Crippen LogP contribution in [0.2, 0.25) is 0 Å². The molecule has 3 heteroatoms. The van der Waals surface area contributed by atoms with Gasteiger partial charge in [0.25, 0.3) is 0 Å². The third kappa shape index (κ3) is 2.37. The molecule has 100 valence electrons. The van der Waals surface area contributed by atoms with Gasteiger partial charge in [0.05, 0.1) is 5.69 Å². The number of fused-ring (bicyclic) bond motifs is 1. The third-order valence-electron chi connectivity index (χ3n) is 3.41. The Balaban J connectivity index is 2.08. The first-order valence-corrected chi connectivity index (χ1v) is 7.25. The second-order valence-electron chi connectivity index (χ2n) is 4.84. The van der Waals surface area contributed by atoms with E-state index in [-0.39, 0.29) is 0 Å². The highest BCUT2D eigenvalue weighted by molar-refractivity contribution is 9.10. The molecule has 0 aromatic heterocycles. The number of nitrogens with one attached hydrogen (secondary N) is 1. The largest absolute Gasteiger partial charge is 0.398 e. The molecular weight excluding hydrogens is 312 g/mol. The molecule has 20 heavy (non-hydrogen) atoms. The van der Waals surface area contributed by atoms with Gasteiger partial charge in [-0.25, -0.2) is 0 Å². The van der Waals surface area contributed by atoms with Crippen molar-refractivity contribution in [3.05, 3.63) is 64.6 Å². The molecule has 0 spiro atoms. The molecular formula is C17H15BrN2. The Hall–Kier alpha value is -2.00. The molecule has 0 fully saturated rings. The standard InChI is InChI=1S/C17H15BrN2/c1-11-9-17(14(18)10-15(11)19)20-16-8-4-6-12-5-2-3-7-13(12)16/h2-10,20H,19H2,1H3. The molecule has 0 saturated carbocycles. The molecule has 0 bridgehead atoms. The topological polar surface area (TPSA) is 38.0 Å². The second kappa shape index (κ2) is 5.17. The fourth-order valence-electron chi connectivity index (χ4n) is 2.27. The maximum absolute atomic E-state index is 5.92. The highest BCUT2D eigenvalue weighted by Crippen LogP contribution is 2.32. The van der Waals surface area contributed by atoms with Crippen LogP contribution in [0.1, 0.15) is 5.56 Å². The number of aryl methyl sites for hydroxylation is 1. The van der Waals surface area contributed by atoms with Crippen LogP contribution in [0.5, 0.6) is 0 Å². The second-order valence-corrected chi connectivity index (χ2v) is 5.69. The molecule has 3 aromatic rings. The minimum atomic E-state index is 0.792. The van der Waals surface area contributed by atoms with E-state index < -0.39 is 0 Å². The first kappa shape index (κ1) is 13.0. The highest BCUT2D eigenvalue weighted by atomic mass is 79.9. The Bertz CT molecular complexity index is 776. The van der Waals surface area contributed by atoms with Crippen LogP contribution < -0.4 is 11.1 Å². The first-order valence-electron chi connectivity index (χ1n) is 6.45. The molecule has 3 N–H and O–H groups in total. The highest BCUT2D eigenvalue weighted by Gasteiger charge is 2.06. The summed E-state index contributed by atoms with van der Waals surface area (Å²) in [6.45, 7) is 2.01. The van der Waals surface area contributed by atoms with Gasteiger partial charge in [-0.15, -0.1) is 0 Å². The van der Waals surface area contributed by atoms with E-state index in [0.29, 0.717) is 0 Å². The Morgan fingerprint density at radius 3 is 2.55 bits per heavy atom. The summed E-state index contributed by atoms with van der Waals surface area (Å²) in [6.07, 6.45) is 0. The number of anilines is 3. The van der Waals surface area contributed by atoms with E-state index in [9.17, 15) is 0 Å². The summed E-state index contributed by atoms with van der Waals surface area (Å²) < 4.78 is 0.966. The van der Waals surface area contributed by atoms with Gasteiger partial charge in [0.1, 0.15) is 0 Å². The fourth-order valence-corrected chi connectivity index (χ4v) is 2.73. The number of nitrogens with two attached hydrogens (primary N) is 1. The summed E-state index contributed by atoms with van der Waals surface area (Å²) in [5.41, 5.74) is 9.89. The molecule has 2 nitrogen and oxygen atoms in total. The van der Waals surface area contributed by atoms with Crippen molar-refractivity contribution in [2.24, 2.45) is 0 Å². The van der Waals surface area contributed by atoms with Crippen LogP contribution in [0, 0.1) is 6.92 Å². The van der Waals surface area contributed by atoms with Crippen LogP contribution in [0.25, 0.3) is 10.8 Å². The zero-order valence-corrected chi connectivity index (χ0v) is 12.7. The number of nitrogen functional groups attached to an aromatic ring is 1. The van der Waals surface area contributed by atoms with Crippen molar-refractivity contribution < 1.29 is 0 Å². The Kier molecular flexibility index (Phi) is 3.36. The van der Waals surface area contributed by atoms with Gasteiger partial charge in [-0.05, 0) is 52.0 Å². The number of hydrogen-bond donors (Lipinski definition) is 2. The summed E-state index contributed by atoms with van der Waals surface area (Å²) in [5, 5.41) is 5.91. The van der Waals surface area contributed by atoms with Crippen LogP contribution in [0.3, 0.4) is 0 Å². The molecule has 0 aliphatic rings. The molecule has 0 unspecified atom stereocenters. The number of rotatable bonds is 2. The number of hydrogen-bond acceptors (Lipinski definition) is 2. The van der Waals surface area contributed by atoms with Crippen molar-refractivity contribution in [1.29, 1.82) is 0 Å². The van der Waals surface area contributed by atoms with Gasteiger partial charge in [0.15, 0.2) is 0 Å². The number of benzene rings is 3. The zero-order chi connectivity index (χ0) is 14.1. The Labute approximate surface area is 126 Å². The minimum absolute atomic E-state index is 0.792. The third-order valence-corrected chi connectivity index (χ3v) is 4.07. The molecule has 3 rings (SSSR count). The van der Waals surface area contributed by atoms with Gasteiger partial charge in [0.2, 0.25) is 0 Å². The summed E-state index contributed by atoms with van der Waals surface area (Å²) >= 11 is 3.56. The van der Waals surface area contributed by atoms with E-state index in [1.807, 2.05) is 13.0 Å². The Morgan fingerprint density at radius 1 is 0.950 bits per heavy atom. The summed E-state index contributed by atoms with van der Waals surface area (Å²) in [4.78, 5) is 0. The molecule has 0 saturated heterocycles. The fraction of sp³-hybridized carbons (Fsp3) is 0.0588. The van der Waals surface area contributed by atoms with Crippen molar-refractivity contribution in [2.45, 2.75) is 6.92 Å². The SMILES string of the molecule is Cc1cc(Nc2cccc3ccccc23)c(Br)cc1N. The lowest BCUT2D eigenvalue weighted by atomic mass is 10.1.